The Balaban J connectivity index is 1.82. The first-order chi connectivity index (χ1) is 8.26. The van der Waals surface area contributed by atoms with Crippen molar-refractivity contribution in [3.63, 3.8) is 0 Å². The number of hydrogen-bond acceptors (Lipinski definition) is 4. The van der Waals surface area contributed by atoms with E-state index in [0.29, 0.717) is 0 Å². The highest BCUT2D eigenvalue weighted by molar-refractivity contribution is 7.10. The van der Waals surface area contributed by atoms with Crippen LogP contribution in [0.5, 0.6) is 0 Å². The molecule has 3 N–H and O–H groups in total. The molecule has 0 atom stereocenters. The van der Waals surface area contributed by atoms with Crippen molar-refractivity contribution in [2.24, 2.45) is 11.1 Å². The van der Waals surface area contributed by atoms with Crippen molar-refractivity contribution in [1.82, 2.24) is 5.32 Å². The molecule has 1 fully saturated rings. The second-order valence-corrected chi connectivity index (χ2v) is 5.95. The lowest BCUT2D eigenvalue weighted by molar-refractivity contribution is 0.0191. The van der Waals surface area contributed by atoms with E-state index in [1.165, 1.54) is 10.4 Å². The van der Waals surface area contributed by atoms with Crippen LogP contribution in [-0.2, 0) is 11.3 Å². The van der Waals surface area contributed by atoms with E-state index < -0.39 is 0 Å². The average molecular weight is 254 g/mol. The number of nitrogens with two attached hydrogens (primary N) is 1. The van der Waals surface area contributed by atoms with Gasteiger partial charge in [-0.15, -0.1) is 11.3 Å². The lowest BCUT2D eigenvalue weighted by Crippen LogP contribution is -2.44. The summed E-state index contributed by atoms with van der Waals surface area (Å²) in [6, 6.07) is 2.18. The number of thiophene rings is 1. The highest BCUT2D eigenvalue weighted by Crippen LogP contribution is 2.28. The first-order valence-corrected chi connectivity index (χ1v) is 7.15. The molecule has 0 amide bonds. The number of ether oxygens (including phenoxy) is 1. The standard InChI is InChI=1S/C13H22N2OS/c1-11-2-7-17-12(11)8-15-10-13(9-14)3-5-16-6-4-13/h2,7,15H,3-6,8-10,14H2,1H3. The number of rotatable bonds is 5. The molecule has 1 saturated heterocycles. The first kappa shape index (κ1) is 13.0. The summed E-state index contributed by atoms with van der Waals surface area (Å²) < 4.78 is 5.42. The van der Waals surface area contributed by atoms with Crippen molar-refractivity contribution in [2.75, 3.05) is 26.3 Å². The third kappa shape index (κ3) is 3.28. The molecular formula is C13H22N2OS. The minimum atomic E-state index is 0.253. The van der Waals surface area contributed by atoms with Crippen LogP contribution < -0.4 is 11.1 Å². The zero-order valence-electron chi connectivity index (χ0n) is 10.5. The Labute approximate surface area is 107 Å². The van der Waals surface area contributed by atoms with Gasteiger partial charge in [-0.1, -0.05) is 0 Å². The van der Waals surface area contributed by atoms with E-state index in [1.54, 1.807) is 0 Å². The highest BCUT2D eigenvalue weighted by atomic mass is 32.1. The normalized spacial score (nSPS) is 19.4. The Hall–Kier alpha value is -0.420. The van der Waals surface area contributed by atoms with E-state index in [-0.39, 0.29) is 5.41 Å². The topological polar surface area (TPSA) is 47.3 Å². The fourth-order valence-corrected chi connectivity index (χ4v) is 3.16. The van der Waals surface area contributed by atoms with Crippen molar-refractivity contribution in [3.8, 4) is 0 Å². The van der Waals surface area contributed by atoms with E-state index in [1.807, 2.05) is 11.3 Å². The quantitative estimate of drug-likeness (QED) is 0.843. The SMILES string of the molecule is Cc1ccsc1CNCC1(CN)CCOCC1. The molecule has 0 aliphatic carbocycles. The second-order valence-electron chi connectivity index (χ2n) is 4.95. The summed E-state index contributed by atoms with van der Waals surface area (Å²) in [6.45, 7) is 6.61. The Morgan fingerprint density at radius 3 is 2.82 bits per heavy atom. The molecule has 0 bridgehead atoms. The Morgan fingerprint density at radius 2 is 2.24 bits per heavy atom. The van der Waals surface area contributed by atoms with E-state index in [2.05, 4.69) is 23.7 Å². The van der Waals surface area contributed by atoms with Gasteiger partial charge in [0.15, 0.2) is 0 Å². The zero-order valence-corrected chi connectivity index (χ0v) is 11.3. The van der Waals surface area contributed by atoms with Gasteiger partial charge in [0.25, 0.3) is 0 Å². The molecule has 0 spiro atoms. The summed E-state index contributed by atoms with van der Waals surface area (Å²) in [5.74, 6) is 0. The number of nitrogens with one attached hydrogen (secondary N) is 1. The zero-order chi connectivity index (χ0) is 12.1. The van der Waals surface area contributed by atoms with Gasteiger partial charge in [0.1, 0.15) is 0 Å². The summed E-state index contributed by atoms with van der Waals surface area (Å²) in [6.07, 6.45) is 2.17. The van der Waals surface area contributed by atoms with Crippen molar-refractivity contribution in [2.45, 2.75) is 26.3 Å². The van der Waals surface area contributed by atoms with Gasteiger partial charge in [0.2, 0.25) is 0 Å². The highest BCUT2D eigenvalue weighted by Gasteiger charge is 2.30. The van der Waals surface area contributed by atoms with E-state index in [4.69, 9.17) is 10.5 Å². The van der Waals surface area contributed by atoms with Crippen LogP contribution in [0.4, 0.5) is 0 Å². The van der Waals surface area contributed by atoms with Gasteiger partial charge in [0, 0.05) is 31.2 Å². The molecule has 1 aliphatic rings. The smallest absolute Gasteiger partial charge is 0.0472 e. The van der Waals surface area contributed by atoms with Gasteiger partial charge in [-0.2, -0.15) is 0 Å². The van der Waals surface area contributed by atoms with Gasteiger partial charge < -0.3 is 15.8 Å². The molecular weight excluding hydrogens is 232 g/mol. The molecule has 1 aromatic rings. The van der Waals surface area contributed by atoms with Crippen LogP contribution in [0.15, 0.2) is 11.4 Å². The molecule has 0 unspecified atom stereocenters. The molecule has 0 saturated carbocycles. The Bertz CT molecular complexity index is 345. The van der Waals surface area contributed by atoms with Crippen molar-refractivity contribution < 1.29 is 4.74 Å². The van der Waals surface area contributed by atoms with Crippen LogP contribution in [0.3, 0.4) is 0 Å². The summed E-state index contributed by atoms with van der Waals surface area (Å²) in [4.78, 5) is 1.43. The average Bonchev–Trinajstić information content (AvgIpc) is 2.76. The van der Waals surface area contributed by atoms with Crippen LogP contribution >= 0.6 is 11.3 Å². The van der Waals surface area contributed by atoms with Crippen LogP contribution in [0, 0.1) is 12.3 Å². The van der Waals surface area contributed by atoms with E-state index in [9.17, 15) is 0 Å². The summed E-state index contributed by atoms with van der Waals surface area (Å²) >= 11 is 1.82. The Kier molecular flexibility index (Phi) is 4.56. The van der Waals surface area contributed by atoms with Crippen LogP contribution in [-0.4, -0.2) is 26.3 Å². The maximum Gasteiger partial charge on any atom is 0.0472 e. The first-order valence-electron chi connectivity index (χ1n) is 6.27. The van der Waals surface area contributed by atoms with Gasteiger partial charge in [0.05, 0.1) is 0 Å². The van der Waals surface area contributed by atoms with Crippen molar-refractivity contribution in [1.29, 1.82) is 0 Å². The second kappa shape index (κ2) is 5.96. The van der Waals surface area contributed by atoms with Gasteiger partial charge in [-0.05, 0) is 48.7 Å². The molecule has 1 aromatic heterocycles. The maximum absolute atomic E-state index is 5.93. The van der Waals surface area contributed by atoms with Crippen LogP contribution in [0.2, 0.25) is 0 Å². The maximum atomic E-state index is 5.93. The molecule has 2 rings (SSSR count). The predicted octanol–water partition coefficient (Wildman–Crippen LogP) is 1.90. The number of aryl methyl sites for hydroxylation is 1. The largest absolute Gasteiger partial charge is 0.381 e. The monoisotopic (exact) mass is 254 g/mol. The molecule has 3 nitrogen and oxygen atoms in total. The fourth-order valence-electron chi connectivity index (χ4n) is 2.28. The summed E-state index contributed by atoms with van der Waals surface area (Å²) in [7, 11) is 0. The minimum Gasteiger partial charge on any atom is -0.381 e. The molecule has 17 heavy (non-hydrogen) atoms. The molecule has 0 aromatic carbocycles. The molecule has 2 heterocycles. The van der Waals surface area contributed by atoms with Crippen LogP contribution in [0.1, 0.15) is 23.3 Å². The lowest BCUT2D eigenvalue weighted by atomic mass is 9.80. The molecule has 4 heteroatoms. The van der Waals surface area contributed by atoms with Gasteiger partial charge in [-0.3, -0.25) is 0 Å². The van der Waals surface area contributed by atoms with Crippen LogP contribution in [0.25, 0.3) is 0 Å². The third-order valence-electron chi connectivity index (χ3n) is 3.74. The molecule has 1 aliphatic heterocycles. The summed E-state index contributed by atoms with van der Waals surface area (Å²) in [5.41, 5.74) is 7.57. The fraction of sp³-hybridized carbons (Fsp3) is 0.692. The Morgan fingerprint density at radius 1 is 1.47 bits per heavy atom. The molecule has 0 radical (unpaired) electrons. The molecule has 96 valence electrons. The number of hydrogen-bond donors (Lipinski definition) is 2. The van der Waals surface area contributed by atoms with Crippen molar-refractivity contribution in [3.05, 3.63) is 21.9 Å². The lowest BCUT2D eigenvalue weighted by Gasteiger charge is -2.36. The van der Waals surface area contributed by atoms with E-state index >= 15 is 0 Å². The van der Waals surface area contributed by atoms with Gasteiger partial charge in [-0.25, -0.2) is 0 Å². The van der Waals surface area contributed by atoms with E-state index in [0.717, 1.165) is 45.7 Å². The minimum absolute atomic E-state index is 0.253. The summed E-state index contributed by atoms with van der Waals surface area (Å²) in [5, 5.41) is 5.72. The predicted molar refractivity (Wildman–Crippen MR) is 72.3 cm³/mol. The third-order valence-corrected chi connectivity index (χ3v) is 4.76. The van der Waals surface area contributed by atoms with Gasteiger partial charge >= 0.3 is 0 Å². The van der Waals surface area contributed by atoms with Crippen molar-refractivity contribution >= 4 is 11.3 Å².